The number of carbonyl (C=O) groups excluding carboxylic acids is 2. The van der Waals surface area contributed by atoms with Gasteiger partial charge in [-0.25, -0.2) is 0 Å². The minimum Gasteiger partial charge on any atom is -0.545 e. The second-order valence-electron chi connectivity index (χ2n) is 1.97. The number of carboxylic acids is 2. The predicted molar refractivity (Wildman–Crippen MR) is 40.1 cm³/mol. The molecule has 0 aliphatic rings. The van der Waals surface area contributed by atoms with E-state index in [2.05, 4.69) is 4.98 Å². The topological polar surface area (TPSA) is 156 Å². The number of hydrogen-bond donors (Lipinski definition) is 0. The van der Waals surface area contributed by atoms with Crippen molar-refractivity contribution < 1.29 is 47.8 Å². The number of aromatic nitrogens is 1. The Balaban J connectivity index is -0.000000480. The molecule has 8 heteroatoms. The third-order valence-electron chi connectivity index (χ3n) is 1.22. The van der Waals surface area contributed by atoms with Crippen LogP contribution in [0.2, 0.25) is 0 Å². The molecule has 0 unspecified atom stereocenters. The van der Waals surface area contributed by atoms with Gasteiger partial charge in [0.05, 0.1) is 17.6 Å². The number of hydrogen-bond acceptors (Lipinski definition) is 5. The molecule has 0 aliphatic carbocycles. The summed E-state index contributed by atoms with van der Waals surface area (Å²) in [6.07, 6.45) is 1.16. The molecular weight excluding hydrogens is 258 g/mol. The first-order chi connectivity index (χ1) is 5.63. The van der Waals surface area contributed by atoms with E-state index in [1.165, 1.54) is 6.07 Å². The average Bonchev–Trinajstić information content (AvgIpc) is 2.04. The number of rotatable bonds is 2. The van der Waals surface area contributed by atoms with Gasteiger partial charge in [0, 0.05) is 11.8 Å². The van der Waals surface area contributed by atoms with Crippen LogP contribution in [0.3, 0.4) is 0 Å². The van der Waals surface area contributed by atoms with Crippen LogP contribution in [0.15, 0.2) is 18.3 Å². The molecule has 87 valence electrons. The molecule has 0 amide bonds. The molecule has 0 bridgehead atoms. The van der Waals surface area contributed by atoms with E-state index in [1.54, 1.807) is 0 Å². The van der Waals surface area contributed by atoms with Crippen LogP contribution in [-0.2, 0) is 17.1 Å². The Morgan fingerprint density at radius 2 is 1.67 bits per heavy atom. The average molecular weight is 265 g/mol. The number of nitrogens with zero attached hydrogens (tertiary/aromatic N) is 1. The molecule has 4 N–H and O–H groups in total. The number of carbonyl (C=O) groups is 2. The second kappa shape index (κ2) is 7.89. The summed E-state index contributed by atoms with van der Waals surface area (Å²) in [6, 6.07) is 2.39. The molecule has 0 saturated carbocycles. The van der Waals surface area contributed by atoms with Crippen molar-refractivity contribution in [3.05, 3.63) is 29.6 Å². The van der Waals surface area contributed by atoms with Crippen LogP contribution in [0.1, 0.15) is 20.8 Å². The fourth-order valence-corrected chi connectivity index (χ4v) is 0.733. The Morgan fingerprint density at radius 1 is 1.13 bits per heavy atom. The summed E-state index contributed by atoms with van der Waals surface area (Å²) >= 11 is 0. The SMILES string of the molecule is O.O.O=C([O-])c1cccnc1C(=O)[O-].[Cu+2]. The summed E-state index contributed by atoms with van der Waals surface area (Å²) in [5.41, 5.74) is -1.09. The van der Waals surface area contributed by atoms with Crippen LogP contribution in [0, 0.1) is 0 Å². The molecule has 0 aliphatic heterocycles. The largest absolute Gasteiger partial charge is 2.00 e. The van der Waals surface area contributed by atoms with Crippen molar-refractivity contribution in [2.75, 3.05) is 0 Å². The maximum absolute atomic E-state index is 10.3. The van der Waals surface area contributed by atoms with Gasteiger partial charge in [-0.15, -0.1) is 0 Å². The van der Waals surface area contributed by atoms with E-state index >= 15 is 0 Å². The maximum Gasteiger partial charge on any atom is 2.00 e. The Hall–Kier alpha value is -1.47. The van der Waals surface area contributed by atoms with E-state index in [1.807, 2.05) is 0 Å². The third kappa shape index (κ3) is 4.52. The Bertz CT molecular complexity index is 309. The predicted octanol–water partition coefficient (Wildman–Crippen LogP) is -3.84. The number of aromatic carboxylic acids is 2. The van der Waals surface area contributed by atoms with Crippen molar-refractivity contribution >= 4 is 11.9 Å². The normalized spacial score (nSPS) is 7.47. The van der Waals surface area contributed by atoms with Gasteiger partial charge in [-0.2, -0.15) is 0 Å². The van der Waals surface area contributed by atoms with Gasteiger partial charge in [-0.05, 0) is 12.1 Å². The van der Waals surface area contributed by atoms with Crippen LogP contribution in [0.25, 0.3) is 0 Å². The van der Waals surface area contributed by atoms with Crippen LogP contribution in [0.4, 0.5) is 0 Å². The van der Waals surface area contributed by atoms with Gasteiger partial charge >= 0.3 is 17.1 Å². The van der Waals surface area contributed by atoms with Crippen molar-refractivity contribution in [1.29, 1.82) is 0 Å². The van der Waals surface area contributed by atoms with Gasteiger partial charge in [0.25, 0.3) is 0 Å². The first kappa shape index (κ1) is 19.2. The minimum absolute atomic E-state index is 0. The van der Waals surface area contributed by atoms with E-state index in [0.29, 0.717) is 0 Å². The summed E-state index contributed by atoms with van der Waals surface area (Å²) in [6.45, 7) is 0. The van der Waals surface area contributed by atoms with Crippen molar-refractivity contribution in [2.24, 2.45) is 0 Å². The van der Waals surface area contributed by atoms with Crippen LogP contribution < -0.4 is 10.2 Å². The fourth-order valence-electron chi connectivity index (χ4n) is 0.733. The zero-order valence-corrected chi connectivity index (χ0v) is 8.06. The number of carboxylic acid groups (broad SMARTS) is 2. The molecule has 15 heavy (non-hydrogen) atoms. The molecule has 0 aromatic carbocycles. The first-order valence-corrected chi connectivity index (χ1v) is 3.00. The van der Waals surface area contributed by atoms with E-state index in [0.717, 1.165) is 12.3 Å². The van der Waals surface area contributed by atoms with Gasteiger partial charge in [0.2, 0.25) is 0 Å². The van der Waals surface area contributed by atoms with Crippen molar-refractivity contribution in [2.45, 2.75) is 0 Å². The Labute approximate surface area is 94.8 Å². The fraction of sp³-hybridized carbons (Fsp3) is 0. The molecule has 1 heterocycles. The summed E-state index contributed by atoms with van der Waals surface area (Å²) in [5.74, 6) is -3.21. The van der Waals surface area contributed by atoms with Crippen molar-refractivity contribution in [3.63, 3.8) is 0 Å². The standard InChI is InChI=1S/C7H5NO4.Cu.2H2O/c9-6(10)4-2-1-3-8-5(4)7(11)12;;;/h1-3H,(H,9,10)(H,11,12);;2*1H2/q;+2;;/p-2. The smallest absolute Gasteiger partial charge is 0.545 e. The first-order valence-electron chi connectivity index (χ1n) is 3.00. The van der Waals surface area contributed by atoms with Gasteiger partial charge in [-0.1, -0.05) is 0 Å². The minimum atomic E-state index is -1.63. The van der Waals surface area contributed by atoms with E-state index in [-0.39, 0.29) is 28.0 Å². The van der Waals surface area contributed by atoms with Gasteiger partial charge in [0.1, 0.15) is 0 Å². The third-order valence-corrected chi connectivity index (χ3v) is 1.22. The van der Waals surface area contributed by atoms with Crippen LogP contribution in [0.5, 0.6) is 0 Å². The molecular formula is C7H7CuNO6. The molecule has 0 spiro atoms. The molecule has 1 radical (unpaired) electrons. The molecule has 1 aromatic rings. The van der Waals surface area contributed by atoms with Crippen LogP contribution in [-0.4, -0.2) is 27.9 Å². The molecule has 0 saturated heterocycles. The van der Waals surface area contributed by atoms with Crippen LogP contribution >= 0.6 is 0 Å². The molecule has 1 aromatic heterocycles. The maximum atomic E-state index is 10.3. The van der Waals surface area contributed by atoms with E-state index in [4.69, 9.17) is 0 Å². The van der Waals surface area contributed by atoms with Gasteiger partial charge < -0.3 is 30.8 Å². The molecule has 7 nitrogen and oxygen atoms in total. The summed E-state index contributed by atoms with van der Waals surface area (Å²) in [7, 11) is 0. The van der Waals surface area contributed by atoms with E-state index < -0.39 is 23.2 Å². The van der Waals surface area contributed by atoms with Gasteiger partial charge in [-0.3, -0.25) is 4.98 Å². The van der Waals surface area contributed by atoms with Crippen molar-refractivity contribution in [1.82, 2.24) is 4.98 Å². The summed E-state index contributed by atoms with van der Waals surface area (Å²) in [5, 5.41) is 20.5. The molecule has 0 fully saturated rings. The monoisotopic (exact) mass is 264 g/mol. The Kier molecular flexibility index (Phi) is 10.1. The molecule has 1 rings (SSSR count). The second-order valence-corrected chi connectivity index (χ2v) is 1.97. The number of pyridine rings is 1. The molecule has 0 atom stereocenters. The van der Waals surface area contributed by atoms with Crippen molar-refractivity contribution in [3.8, 4) is 0 Å². The van der Waals surface area contributed by atoms with Gasteiger partial charge in [0.15, 0.2) is 0 Å². The zero-order chi connectivity index (χ0) is 9.14. The summed E-state index contributed by atoms with van der Waals surface area (Å²) < 4.78 is 0. The van der Waals surface area contributed by atoms with E-state index in [9.17, 15) is 19.8 Å². The zero-order valence-electron chi connectivity index (χ0n) is 7.11. The quantitative estimate of drug-likeness (QED) is 0.500. The summed E-state index contributed by atoms with van der Waals surface area (Å²) in [4.78, 5) is 23.9. The Morgan fingerprint density at radius 3 is 2.00 bits per heavy atom.